The van der Waals surface area contributed by atoms with Crippen LogP contribution < -0.4 is 5.73 Å². The summed E-state index contributed by atoms with van der Waals surface area (Å²) >= 11 is 7.57. The second-order valence-corrected chi connectivity index (χ2v) is 5.26. The van der Waals surface area contributed by atoms with Gasteiger partial charge in [0, 0.05) is 21.2 Å². The molecule has 0 fully saturated rings. The van der Waals surface area contributed by atoms with Crippen LogP contribution >= 0.6 is 23.4 Å². The maximum absolute atomic E-state index is 7.46. The molecule has 0 bridgehead atoms. The zero-order valence-electron chi connectivity index (χ0n) is 8.88. The van der Waals surface area contributed by atoms with Crippen LogP contribution in [0.3, 0.4) is 0 Å². The van der Waals surface area contributed by atoms with E-state index in [1.165, 1.54) is 0 Å². The maximum atomic E-state index is 7.46. The second-order valence-electron chi connectivity index (χ2n) is 3.76. The van der Waals surface area contributed by atoms with Crippen molar-refractivity contribution in [3.05, 3.63) is 28.8 Å². The van der Waals surface area contributed by atoms with Crippen LogP contribution in [0, 0.1) is 11.3 Å². The van der Waals surface area contributed by atoms with Crippen molar-refractivity contribution in [3.63, 3.8) is 0 Å². The first-order valence-corrected chi connectivity index (χ1v) is 6.14. The van der Waals surface area contributed by atoms with Gasteiger partial charge < -0.3 is 5.73 Å². The molecule has 0 spiro atoms. The molecule has 0 aliphatic carbocycles. The number of nitrogens with two attached hydrogens (primary N) is 1. The highest BCUT2D eigenvalue weighted by atomic mass is 35.5. The zero-order chi connectivity index (χ0) is 11.4. The minimum atomic E-state index is 0.0729. The van der Waals surface area contributed by atoms with Gasteiger partial charge in [-0.2, -0.15) is 0 Å². The first kappa shape index (κ1) is 12.4. The van der Waals surface area contributed by atoms with E-state index in [0.29, 0.717) is 10.9 Å². The lowest BCUT2D eigenvalue weighted by Gasteiger charge is -2.09. The molecule has 0 aliphatic heterocycles. The summed E-state index contributed by atoms with van der Waals surface area (Å²) < 4.78 is 0. The van der Waals surface area contributed by atoms with Crippen LogP contribution in [0.1, 0.15) is 19.4 Å². The summed E-state index contributed by atoms with van der Waals surface area (Å²) in [6.07, 6.45) is 0. The van der Waals surface area contributed by atoms with Crippen molar-refractivity contribution in [3.8, 4) is 0 Å². The SMILES string of the molecule is CC(C)CSc1ccc(Cl)cc1C(=N)N. The number of amidine groups is 1. The summed E-state index contributed by atoms with van der Waals surface area (Å²) in [5, 5.41) is 8.08. The van der Waals surface area contributed by atoms with Gasteiger partial charge in [-0.3, -0.25) is 5.41 Å². The highest BCUT2D eigenvalue weighted by Gasteiger charge is 2.07. The van der Waals surface area contributed by atoms with Gasteiger partial charge in [0.2, 0.25) is 0 Å². The molecule has 82 valence electrons. The van der Waals surface area contributed by atoms with Crippen LogP contribution in [0.15, 0.2) is 23.1 Å². The van der Waals surface area contributed by atoms with Gasteiger partial charge in [0.15, 0.2) is 0 Å². The molecule has 15 heavy (non-hydrogen) atoms. The third kappa shape index (κ3) is 3.76. The van der Waals surface area contributed by atoms with Crippen LogP contribution in [-0.4, -0.2) is 11.6 Å². The molecule has 0 radical (unpaired) electrons. The molecule has 0 amide bonds. The molecule has 0 saturated heterocycles. The smallest absolute Gasteiger partial charge is 0.123 e. The molecule has 1 rings (SSSR count). The Balaban J connectivity index is 2.91. The fourth-order valence-corrected chi connectivity index (χ4v) is 2.27. The molecular formula is C11H15ClN2S. The molecule has 4 heteroatoms. The summed E-state index contributed by atoms with van der Waals surface area (Å²) in [4.78, 5) is 1.03. The summed E-state index contributed by atoms with van der Waals surface area (Å²) in [5.74, 6) is 1.70. The van der Waals surface area contributed by atoms with Gasteiger partial charge >= 0.3 is 0 Å². The molecule has 1 aromatic carbocycles. The Morgan fingerprint density at radius 3 is 2.73 bits per heavy atom. The van der Waals surface area contributed by atoms with Crippen molar-refractivity contribution in [2.45, 2.75) is 18.7 Å². The number of nitrogen functional groups attached to an aromatic ring is 1. The summed E-state index contributed by atoms with van der Waals surface area (Å²) in [7, 11) is 0. The van der Waals surface area contributed by atoms with Crippen molar-refractivity contribution in [1.29, 1.82) is 5.41 Å². The molecule has 0 aromatic heterocycles. The van der Waals surface area contributed by atoms with E-state index in [9.17, 15) is 0 Å². The molecule has 0 saturated carbocycles. The van der Waals surface area contributed by atoms with Crippen molar-refractivity contribution < 1.29 is 0 Å². The number of halogens is 1. The maximum Gasteiger partial charge on any atom is 0.123 e. The summed E-state index contributed by atoms with van der Waals surface area (Å²) in [6, 6.07) is 5.50. The Bertz CT molecular complexity index is 364. The monoisotopic (exact) mass is 242 g/mol. The lowest BCUT2D eigenvalue weighted by atomic mass is 10.2. The average molecular weight is 243 g/mol. The van der Waals surface area contributed by atoms with Gasteiger partial charge in [-0.05, 0) is 24.1 Å². The summed E-state index contributed by atoms with van der Waals surface area (Å²) in [6.45, 7) is 4.33. The Kier molecular flexibility index (Phi) is 4.48. The van der Waals surface area contributed by atoms with Crippen LogP contribution in [0.2, 0.25) is 5.02 Å². The Morgan fingerprint density at radius 2 is 2.20 bits per heavy atom. The molecular weight excluding hydrogens is 228 g/mol. The minimum absolute atomic E-state index is 0.0729. The first-order valence-electron chi connectivity index (χ1n) is 4.77. The summed E-state index contributed by atoms with van der Waals surface area (Å²) in [5.41, 5.74) is 6.23. The third-order valence-electron chi connectivity index (χ3n) is 1.80. The van der Waals surface area contributed by atoms with Gasteiger partial charge in [0.05, 0.1) is 0 Å². The van der Waals surface area contributed by atoms with Crippen molar-refractivity contribution in [2.75, 3.05) is 5.75 Å². The standard InChI is InChI=1S/C11H15ClN2S/c1-7(2)6-15-10-4-3-8(12)5-9(10)11(13)14/h3-5,7H,6H2,1-2H3,(H3,13,14). The van der Waals surface area contributed by atoms with E-state index in [-0.39, 0.29) is 5.84 Å². The van der Waals surface area contributed by atoms with E-state index >= 15 is 0 Å². The molecule has 0 heterocycles. The Hall–Kier alpha value is -0.670. The number of rotatable bonds is 4. The van der Waals surface area contributed by atoms with E-state index in [2.05, 4.69) is 13.8 Å². The van der Waals surface area contributed by atoms with Gasteiger partial charge in [0.1, 0.15) is 5.84 Å². The lowest BCUT2D eigenvalue weighted by molar-refractivity contribution is 0.750. The lowest BCUT2D eigenvalue weighted by Crippen LogP contribution is -2.12. The van der Waals surface area contributed by atoms with Crippen molar-refractivity contribution in [1.82, 2.24) is 0 Å². The van der Waals surface area contributed by atoms with E-state index in [1.54, 1.807) is 17.8 Å². The molecule has 0 aliphatic rings. The molecule has 2 nitrogen and oxygen atoms in total. The Labute approximate surface area is 99.7 Å². The predicted molar refractivity (Wildman–Crippen MR) is 68.0 cm³/mol. The van der Waals surface area contributed by atoms with Gasteiger partial charge in [-0.1, -0.05) is 25.4 Å². The quantitative estimate of drug-likeness (QED) is 0.483. The van der Waals surface area contributed by atoms with Crippen LogP contribution in [0.4, 0.5) is 0 Å². The fraction of sp³-hybridized carbons (Fsp3) is 0.364. The molecule has 3 N–H and O–H groups in total. The number of hydrogen-bond donors (Lipinski definition) is 2. The van der Waals surface area contributed by atoms with Crippen LogP contribution in [-0.2, 0) is 0 Å². The first-order chi connectivity index (χ1) is 7.00. The number of hydrogen-bond acceptors (Lipinski definition) is 2. The van der Waals surface area contributed by atoms with E-state index in [4.69, 9.17) is 22.7 Å². The average Bonchev–Trinajstić information content (AvgIpc) is 2.15. The van der Waals surface area contributed by atoms with Gasteiger partial charge in [-0.25, -0.2) is 0 Å². The predicted octanol–water partition coefficient (Wildman–Crippen LogP) is 3.37. The van der Waals surface area contributed by atoms with Gasteiger partial charge in [0.25, 0.3) is 0 Å². The molecule has 0 atom stereocenters. The topological polar surface area (TPSA) is 49.9 Å². The fourth-order valence-electron chi connectivity index (χ4n) is 1.09. The molecule has 1 aromatic rings. The van der Waals surface area contributed by atoms with E-state index < -0.39 is 0 Å². The minimum Gasteiger partial charge on any atom is -0.384 e. The van der Waals surface area contributed by atoms with E-state index in [1.807, 2.05) is 12.1 Å². The molecule has 0 unspecified atom stereocenters. The van der Waals surface area contributed by atoms with Crippen LogP contribution in [0.25, 0.3) is 0 Å². The van der Waals surface area contributed by atoms with Crippen molar-refractivity contribution >= 4 is 29.2 Å². The normalized spacial score (nSPS) is 10.7. The highest BCUT2D eigenvalue weighted by molar-refractivity contribution is 7.99. The number of nitrogens with one attached hydrogen (secondary N) is 1. The number of thioether (sulfide) groups is 1. The van der Waals surface area contributed by atoms with E-state index in [0.717, 1.165) is 16.2 Å². The van der Waals surface area contributed by atoms with Gasteiger partial charge in [-0.15, -0.1) is 11.8 Å². The highest BCUT2D eigenvalue weighted by Crippen LogP contribution is 2.26. The van der Waals surface area contributed by atoms with Crippen LogP contribution in [0.5, 0.6) is 0 Å². The Morgan fingerprint density at radius 1 is 1.53 bits per heavy atom. The largest absolute Gasteiger partial charge is 0.384 e. The third-order valence-corrected chi connectivity index (χ3v) is 3.54. The van der Waals surface area contributed by atoms with Crippen molar-refractivity contribution in [2.24, 2.45) is 11.7 Å². The zero-order valence-corrected chi connectivity index (χ0v) is 10.5. The second kappa shape index (κ2) is 5.42. The number of benzene rings is 1.